The van der Waals surface area contributed by atoms with Crippen LogP contribution in [0, 0.1) is 0 Å². The second-order valence-corrected chi connectivity index (χ2v) is 13.3. The molecule has 0 radical (unpaired) electrons. The molecule has 0 unspecified atom stereocenters. The van der Waals surface area contributed by atoms with Gasteiger partial charge in [-0.3, -0.25) is 18.6 Å². The molecule has 4 aromatic rings. The van der Waals surface area contributed by atoms with Crippen molar-refractivity contribution in [2.45, 2.75) is 71.8 Å². The highest BCUT2D eigenvalue weighted by atomic mass is 32.2. The van der Waals surface area contributed by atoms with Crippen LogP contribution < -0.4 is 14.9 Å². The molecule has 13 heteroatoms. The lowest BCUT2D eigenvalue weighted by Gasteiger charge is -2.26. The molecule has 2 aromatic carbocycles. The Bertz CT molecular complexity index is 1720. The van der Waals surface area contributed by atoms with E-state index in [0.29, 0.717) is 30.8 Å². The van der Waals surface area contributed by atoms with Crippen molar-refractivity contribution in [3.63, 3.8) is 0 Å². The van der Waals surface area contributed by atoms with Crippen LogP contribution in [0.25, 0.3) is 10.9 Å². The molecule has 5 rings (SSSR count). The lowest BCUT2D eigenvalue weighted by atomic mass is 9.99. The Balaban J connectivity index is 0.00000154. The van der Waals surface area contributed by atoms with Crippen molar-refractivity contribution in [1.29, 1.82) is 0 Å². The number of carbonyl (C=O) groups is 2. The first-order valence-electron chi connectivity index (χ1n) is 15.6. The second kappa shape index (κ2) is 15.9. The summed E-state index contributed by atoms with van der Waals surface area (Å²) in [5.41, 5.74) is 4.85. The topological polar surface area (TPSA) is 159 Å². The molecule has 0 bridgehead atoms. The Hall–Kier alpha value is -4.20. The van der Waals surface area contributed by atoms with Crippen LogP contribution in [0.15, 0.2) is 61.1 Å². The summed E-state index contributed by atoms with van der Waals surface area (Å²) in [6.07, 6.45) is 7.12. The van der Waals surface area contributed by atoms with E-state index in [1.165, 1.54) is 4.31 Å². The van der Waals surface area contributed by atoms with Crippen LogP contribution >= 0.6 is 0 Å². The summed E-state index contributed by atoms with van der Waals surface area (Å²) in [7, 11) is -3.55. The highest BCUT2D eigenvalue weighted by Gasteiger charge is 2.30. The molecule has 0 saturated carbocycles. The van der Waals surface area contributed by atoms with Gasteiger partial charge in [0, 0.05) is 61.6 Å². The number of amides is 1. The van der Waals surface area contributed by atoms with E-state index in [-0.39, 0.29) is 31.2 Å². The first-order chi connectivity index (χ1) is 22.1. The van der Waals surface area contributed by atoms with Gasteiger partial charge < -0.3 is 25.4 Å². The summed E-state index contributed by atoms with van der Waals surface area (Å²) < 4.78 is 31.7. The maximum Gasteiger partial charge on any atom is 0.290 e. The molecule has 248 valence electrons. The first kappa shape index (κ1) is 34.7. The molecule has 0 saturated heterocycles. The highest BCUT2D eigenvalue weighted by molar-refractivity contribution is 7.92. The Morgan fingerprint density at radius 1 is 1.09 bits per heavy atom. The zero-order chi connectivity index (χ0) is 33.3. The van der Waals surface area contributed by atoms with Gasteiger partial charge in [-0.25, -0.2) is 8.42 Å². The third-order valence-electron chi connectivity index (χ3n) is 8.07. The average Bonchev–Trinajstić information content (AvgIpc) is 3.62. The van der Waals surface area contributed by atoms with Crippen LogP contribution in [0.1, 0.15) is 54.2 Å². The number of benzene rings is 2. The maximum atomic E-state index is 13.9. The molecule has 3 heterocycles. The van der Waals surface area contributed by atoms with E-state index in [1.54, 1.807) is 12.3 Å². The SMILES string of the molecule is CCCc1cn2c3c(cc(C(=O)N[C@@H](Cc4ccccc4)[C@H](O)CNCc4cnn(CC)c4)cc13)N(CC)S(=O)(=O)CC2.O=CO. The fraction of sp³-hybridized carbons (Fsp3) is 0.424. The van der Waals surface area contributed by atoms with Gasteiger partial charge in [0.05, 0.1) is 35.3 Å². The predicted octanol–water partition coefficient (Wildman–Crippen LogP) is 3.17. The summed E-state index contributed by atoms with van der Waals surface area (Å²) in [6.45, 7) is 7.94. The number of aryl methyl sites for hydroxylation is 3. The number of rotatable bonds is 13. The average molecular weight is 653 g/mol. The van der Waals surface area contributed by atoms with Crippen LogP contribution in [-0.2, 0) is 47.3 Å². The molecule has 0 aliphatic carbocycles. The van der Waals surface area contributed by atoms with Crippen molar-refractivity contribution >= 4 is 39.0 Å². The lowest BCUT2D eigenvalue weighted by Crippen LogP contribution is -2.48. The Kier molecular flexibility index (Phi) is 12.0. The van der Waals surface area contributed by atoms with E-state index >= 15 is 0 Å². The zero-order valence-electron chi connectivity index (χ0n) is 26.6. The minimum atomic E-state index is -3.55. The zero-order valence-corrected chi connectivity index (χ0v) is 27.4. The summed E-state index contributed by atoms with van der Waals surface area (Å²) in [5, 5.41) is 29.8. The molecule has 46 heavy (non-hydrogen) atoms. The Labute approximate surface area is 270 Å². The summed E-state index contributed by atoms with van der Waals surface area (Å²) in [6, 6.07) is 12.7. The van der Waals surface area contributed by atoms with Crippen LogP contribution in [0.2, 0.25) is 0 Å². The fourth-order valence-corrected chi connectivity index (χ4v) is 7.36. The number of carbonyl (C=O) groups excluding carboxylic acids is 1. The molecule has 0 spiro atoms. The molecule has 0 fully saturated rings. The molecule has 2 atom stereocenters. The van der Waals surface area contributed by atoms with Crippen molar-refractivity contribution in [2.24, 2.45) is 0 Å². The van der Waals surface area contributed by atoms with E-state index < -0.39 is 22.2 Å². The van der Waals surface area contributed by atoms with Crippen molar-refractivity contribution in [2.75, 3.05) is 23.1 Å². The maximum absolute atomic E-state index is 13.9. The van der Waals surface area contributed by atoms with Crippen molar-refractivity contribution in [1.82, 2.24) is 25.0 Å². The smallest absolute Gasteiger partial charge is 0.290 e. The Morgan fingerprint density at radius 2 is 1.83 bits per heavy atom. The summed E-state index contributed by atoms with van der Waals surface area (Å²) >= 11 is 0. The molecule has 4 N–H and O–H groups in total. The van der Waals surface area contributed by atoms with Gasteiger partial charge in [0.25, 0.3) is 12.4 Å². The van der Waals surface area contributed by atoms with Gasteiger partial charge in [-0.05, 0) is 49.9 Å². The number of hydrogen-bond donors (Lipinski definition) is 4. The van der Waals surface area contributed by atoms with Crippen LogP contribution in [-0.4, -0.2) is 76.3 Å². The normalized spacial score (nSPS) is 15.0. The molecular formula is C33H44N6O6S. The van der Waals surface area contributed by atoms with E-state index in [0.717, 1.165) is 47.0 Å². The van der Waals surface area contributed by atoms with Crippen LogP contribution in [0.5, 0.6) is 0 Å². The standard InChI is InChI=1S/C32H42N6O4S.CH2O2/c1-4-10-25-22-36-13-14-43(41,42)38(6-3)29-17-26(16-27(25)31(29)36)32(40)35-28(15-23-11-8-7-9-12-23)30(39)20-33-18-24-19-34-37(5-2)21-24;2-1-3/h7-9,11-12,16-17,19,21-22,28,30,33,39H,4-6,10,13-15,18,20H2,1-3H3,(H,35,40);1H,(H,2,3)/t28-,30+;/m0./s1. The molecule has 1 aliphatic heterocycles. The summed E-state index contributed by atoms with van der Waals surface area (Å²) in [5.74, 6) is -0.348. The van der Waals surface area contributed by atoms with E-state index in [9.17, 15) is 18.3 Å². The summed E-state index contributed by atoms with van der Waals surface area (Å²) in [4.78, 5) is 22.3. The van der Waals surface area contributed by atoms with Gasteiger partial charge >= 0.3 is 0 Å². The number of nitrogens with zero attached hydrogens (tertiary/aromatic N) is 4. The van der Waals surface area contributed by atoms with Gasteiger partial charge in [-0.1, -0.05) is 43.7 Å². The van der Waals surface area contributed by atoms with Crippen LogP contribution in [0.4, 0.5) is 5.69 Å². The van der Waals surface area contributed by atoms with E-state index in [1.807, 2.05) is 71.9 Å². The molecular weight excluding hydrogens is 608 g/mol. The second-order valence-electron chi connectivity index (χ2n) is 11.2. The number of carboxylic acid groups (broad SMARTS) is 1. The van der Waals surface area contributed by atoms with E-state index in [4.69, 9.17) is 9.90 Å². The number of aliphatic hydroxyl groups is 1. The number of nitrogens with one attached hydrogen (secondary N) is 2. The Morgan fingerprint density at radius 3 is 2.48 bits per heavy atom. The van der Waals surface area contributed by atoms with Gasteiger partial charge in [0.2, 0.25) is 10.0 Å². The molecule has 1 aliphatic rings. The van der Waals surface area contributed by atoms with Crippen LogP contribution in [0.3, 0.4) is 0 Å². The largest absolute Gasteiger partial charge is 0.483 e. The minimum absolute atomic E-state index is 0.00394. The van der Waals surface area contributed by atoms with Crippen molar-refractivity contribution < 1.29 is 28.2 Å². The molecule has 2 aromatic heterocycles. The van der Waals surface area contributed by atoms with E-state index in [2.05, 4.69) is 22.7 Å². The third-order valence-corrected chi connectivity index (χ3v) is 9.90. The fourth-order valence-electron chi connectivity index (χ4n) is 5.88. The highest BCUT2D eigenvalue weighted by Crippen LogP contribution is 2.36. The monoisotopic (exact) mass is 652 g/mol. The number of sulfonamides is 1. The number of aromatic nitrogens is 3. The number of aliphatic hydroxyl groups excluding tert-OH is 1. The third kappa shape index (κ3) is 8.14. The van der Waals surface area contributed by atoms with Crippen molar-refractivity contribution in [3.05, 3.63) is 83.3 Å². The predicted molar refractivity (Wildman–Crippen MR) is 178 cm³/mol. The minimum Gasteiger partial charge on any atom is -0.483 e. The number of hydrogen-bond acceptors (Lipinski definition) is 7. The van der Waals surface area contributed by atoms with Gasteiger partial charge in [-0.2, -0.15) is 5.10 Å². The quantitative estimate of drug-likeness (QED) is 0.160. The number of anilines is 1. The van der Waals surface area contributed by atoms with Gasteiger partial charge in [0.1, 0.15) is 0 Å². The van der Waals surface area contributed by atoms with Crippen molar-refractivity contribution in [3.8, 4) is 0 Å². The molecule has 1 amide bonds. The molecule has 12 nitrogen and oxygen atoms in total. The van der Waals surface area contributed by atoms with Gasteiger partial charge in [-0.15, -0.1) is 0 Å². The first-order valence-corrected chi connectivity index (χ1v) is 17.2. The lowest BCUT2D eigenvalue weighted by molar-refractivity contribution is -0.122. The van der Waals surface area contributed by atoms with Gasteiger partial charge in [0.15, 0.2) is 0 Å².